The second kappa shape index (κ2) is 10.0. The number of aliphatic hydroxyl groups excluding tert-OH is 1. The fourth-order valence-corrected chi connectivity index (χ4v) is 4.45. The van der Waals surface area contributed by atoms with E-state index in [1.807, 2.05) is 23.1 Å². The third kappa shape index (κ3) is 5.17. The van der Waals surface area contributed by atoms with E-state index in [1.165, 1.54) is 16.7 Å². The van der Waals surface area contributed by atoms with Gasteiger partial charge in [0.15, 0.2) is 0 Å². The van der Waals surface area contributed by atoms with Gasteiger partial charge in [0.25, 0.3) is 0 Å². The monoisotopic (exact) mass is 404 g/mol. The van der Waals surface area contributed by atoms with Crippen molar-refractivity contribution in [2.75, 3.05) is 32.8 Å². The lowest BCUT2D eigenvalue weighted by atomic mass is 10.0. The highest BCUT2D eigenvalue weighted by Crippen LogP contribution is 2.21. The van der Waals surface area contributed by atoms with E-state index in [0.29, 0.717) is 6.04 Å². The zero-order chi connectivity index (χ0) is 20.8. The Morgan fingerprint density at radius 2 is 1.93 bits per heavy atom. The summed E-state index contributed by atoms with van der Waals surface area (Å²) >= 11 is 0. The van der Waals surface area contributed by atoms with Crippen LogP contribution in [0, 0.1) is 6.92 Å². The van der Waals surface area contributed by atoms with Crippen LogP contribution in [0.25, 0.3) is 5.69 Å². The molecule has 3 aromatic rings. The normalized spacial score (nSPS) is 18.0. The van der Waals surface area contributed by atoms with Gasteiger partial charge in [0.1, 0.15) is 0 Å². The van der Waals surface area contributed by atoms with Gasteiger partial charge in [0, 0.05) is 57.8 Å². The number of piperazine rings is 1. The Hall–Kier alpha value is -2.47. The van der Waals surface area contributed by atoms with E-state index >= 15 is 0 Å². The zero-order valence-corrected chi connectivity index (χ0v) is 17.8. The molecule has 5 nitrogen and oxygen atoms in total. The van der Waals surface area contributed by atoms with Crippen molar-refractivity contribution in [2.24, 2.45) is 0 Å². The fourth-order valence-electron chi connectivity index (χ4n) is 4.45. The molecule has 1 aliphatic rings. The minimum Gasteiger partial charge on any atom is -0.396 e. The second-order valence-electron chi connectivity index (χ2n) is 8.26. The van der Waals surface area contributed by atoms with Crippen molar-refractivity contribution >= 4 is 0 Å². The van der Waals surface area contributed by atoms with E-state index in [1.54, 1.807) is 0 Å². The predicted molar refractivity (Wildman–Crippen MR) is 121 cm³/mol. The molecular formula is C25H32N4O. The predicted octanol–water partition coefficient (Wildman–Crippen LogP) is 3.29. The van der Waals surface area contributed by atoms with Crippen molar-refractivity contribution in [3.05, 3.63) is 83.7 Å². The fraction of sp³-hybridized carbons (Fsp3) is 0.400. The highest BCUT2D eigenvalue weighted by atomic mass is 16.3. The van der Waals surface area contributed by atoms with Gasteiger partial charge in [-0.1, -0.05) is 48.0 Å². The Kier molecular flexibility index (Phi) is 6.95. The van der Waals surface area contributed by atoms with E-state index in [9.17, 15) is 5.11 Å². The first-order chi connectivity index (χ1) is 14.7. The zero-order valence-electron chi connectivity index (χ0n) is 17.8. The molecule has 4 rings (SSSR count). The Bertz CT molecular complexity index is 910. The SMILES string of the molecule is Cc1ccc(-n2cccn2)c(CN2CCN(CCc3ccccc3)C(CCO)C2)c1. The number of aryl methyl sites for hydroxylation is 1. The van der Waals surface area contributed by atoms with E-state index in [-0.39, 0.29) is 6.61 Å². The summed E-state index contributed by atoms with van der Waals surface area (Å²) in [6.45, 7) is 7.41. The van der Waals surface area contributed by atoms with Crippen LogP contribution in [0.1, 0.15) is 23.1 Å². The number of aromatic nitrogens is 2. The summed E-state index contributed by atoms with van der Waals surface area (Å²) in [6, 6.07) is 19.6. The Balaban J connectivity index is 1.43. The van der Waals surface area contributed by atoms with Crippen LogP contribution in [0.2, 0.25) is 0 Å². The molecule has 1 saturated heterocycles. The van der Waals surface area contributed by atoms with E-state index in [2.05, 4.69) is 70.4 Å². The van der Waals surface area contributed by atoms with Gasteiger partial charge in [-0.15, -0.1) is 0 Å². The number of benzene rings is 2. The number of rotatable bonds is 8. The van der Waals surface area contributed by atoms with Gasteiger partial charge < -0.3 is 5.11 Å². The number of nitrogens with zero attached hydrogens (tertiary/aromatic N) is 4. The molecule has 30 heavy (non-hydrogen) atoms. The van der Waals surface area contributed by atoms with Gasteiger partial charge in [0.2, 0.25) is 0 Å². The first kappa shape index (κ1) is 20.8. The summed E-state index contributed by atoms with van der Waals surface area (Å²) in [5.41, 5.74) is 5.11. The minimum atomic E-state index is 0.239. The van der Waals surface area contributed by atoms with Crippen LogP contribution in [0.15, 0.2) is 67.0 Å². The second-order valence-corrected chi connectivity index (χ2v) is 8.26. The summed E-state index contributed by atoms with van der Waals surface area (Å²) in [7, 11) is 0. The van der Waals surface area contributed by atoms with Crippen LogP contribution >= 0.6 is 0 Å². The summed E-state index contributed by atoms with van der Waals surface area (Å²) < 4.78 is 1.95. The van der Waals surface area contributed by atoms with Gasteiger partial charge in [-0.05, 0) is 43.0 Å². The molecule has 5 heteroatoms. The van der Waals surface area contributed by atoms with Crippen molar-refractivity contribution in [3.8, 4) is 5.69 Å². The van der Waals surface area contributed by atoms with Crippen molar-refractivity contribution in [2.45, 2.75) is 32.4 Å². The van der Waals surface area contributed by atoms with Gasteiger partial charge >= 0.3 is 0 Å². The lowest BCUT2D eigenvalue weighted by Gasteiger charge is -2.41. The molecule has 2 heterocycles. The number of hydrogen-bond donors (Lipinski definition) is 1. The number of aliphatic hydroxyl groups is 1. The lowest BCUT2D eigenvalue weighted by Crippen LogP contribution is -2.53. The summed E-state index contributed by atoms with van der Waals surface area (Å²) in [6.07, 6.45) is 5.71. The molecule has 1 unspecified atom stereocenters. The average molecular weight is 405 g/mol. The molecule has 158 valence electrons. The summed E-state index contributed by atoms with van der Waals surface area (Å²) in [4.78, 5) is 5.09. The molecule has 1 atom stereocenters. The molecule has 0 spiro atoms. The van der Waals surface area contributed by atoms with Crippen LogP contribution in [0.4, 0.5) is 0 Å². The van der Waals surface area contributed by atoms with E-state index in [0.717, 1.165) is 51.3 Å². The molecule has 1 fully saturated rings. The summed E-state index contributed by atoms with van der Waals surface area (Å²) in [5, 5.41) is 14.1. The van der Waals surface area contributed by atoms with Crippen LogP contribution in [-0.2, 0) is 13.0 Å². The highest BCUT2D eigenvalue weighted by Gasteiger charge is 2.26. The standard InChI is InChI=1S/C25H32N4O/c1-21-8-9-25(29-13-5-12-26-29)23(18-21)19-27-15-16-28(24(20-27)11-17-30)14-10-22-6-3-2-4-7-22/h2-9,12-13,18,24,30H,10-11,14-17,19-20H2,1H3. The smallest absolute Gasteiger partial charge is 0.0690 e. The topological polar surface area (TPSA) is 44.5 Å². The molecule has 0 amide bonds. The molecule has 1 aliphatic heterocycles. The minimum absolute atomic E-state index is 0.239. The Morgan fingerprint density at radius 3 is 2.70 bits per heavy atom. The first-order valence-corrected chi connectivity index (χ1v) is 10.9. The van der Waals surface area contributed by atoms with Crippen LogP contribution in [0.5, 0.6) is 0 Å². The quantitative estimate of drug-likeness (QED) is 0.626. The van der Waals surface area contributed by atoms with Gasteiger partial charge in [-0.3, -0.25) is 9.80 Å². The molecule has 1 aromatic heterocycles. The third-order valence-electron chi connectivity index (χ3n) is 6.06. The molecular weight excluding hydrogens is 372 g/mol. The number of hydrogen-bond acceptors (Lipinski definition) is 4. The third-order valence-corrected chi connectivity index (χ3v) is 6.06. The average Bonchev–Trinajstić information content (AvgIpc) is 3.29. The Morgan fingerprint density at radius 1 is 1.07 bits per heavy atom. The van der Waals surface area contributed by atoms with Crippen LogP contribution in [0.3, 0.4) is 0 Å². The van der Waals surface area contributed by atoms with Gasteiger partial charge in [-0.25, -0.2) is 4.68 Å². The molecule has 2 aromatic carbocycles. The van der Waals surface area contributed by atoms with Crippen molar-refractivity contribution < 1.29 is 5.11 Å². The maximum atomic E-state index is 9.65. The molecule has 1 N–H and O–H groups in total. The van der Waals surface area contributed by atoms with Crippen molar-refractivity contribution in [1.29, 1.82) is 0 Å². The summed E-state index contributed by atoms with van der Waals surface area (Å²) in [5.74, 6) is 0. The first-order valence-electron chi connectivity index (χ1n) is 10.9. The Labute approximate surface area is 179 Å². The molecule has 0 saturated carbocycles. The largest absolute Gasteiger partial charge is 0.396 e. The molecule has 0 radical (unpaired) electrons. The maximum absolute atomic E-state index is 9.65. The van der Waals surface area contributed by atoms with E-state index < -0.39 is 0 Å². The molecule has 0 bridgehead atoms. The van der Waals surface area contributed by atoms with Crippen LogP contribution in [-0.4, -0.2) is 63.5 Å². The van der Waals surface area contributed by atoms with Gasteiger partial charge in [0.05, 0.1) is 5.69 Å². The lowest BCUT2D eigenvalue weighted by molar-refractivity contribution is 0.0562. The van der Waals surface area contributed by atoms with E-state index in [4.69, 9.17) is 0 Å². The van der Waals surface area contributed by atoms with Crippen molar-refractivity contribution in [1.82, 2.24) is 19.6 Å². The molecule has 0 aliphatic carbocycles. The van der Waals surface area contributed by atoms with Crippen molar-refractivity contribution in [3.63, 3.8) is 0 Å². The van der Waals surface area contributed by atoms with Gasteiger partial charge in [-0.2, -0.15) is 5.10 Å². The van der Waals surface area contributed by atoms with Crippen LogP contribution < -0.4 is 0 Å². The highest BCUT2D eigenvalue weighted by molar-refractivity contribution is 5.42. The maximum Gasteiger partial charge on any atom is 0.0690 e.